The first-order chi connectivity index (χ1) is 9.00. The summed E-state index contributed by atoms with van der Waals surface area (Å²) >= 11 is 0. The highest BCUT2D eigenvalue weighted by Crippen LogP contribution is 2.42. The van der Waals surface area contributed by atoms with Gasteiger partial charge in [-0.2, -0.15) is 22.0 Å². The quantitative estimate of drug-likeness (QED) is 0.812. The summed E-state index contributed by atoms with van der Waals surface area (Å²) in [5.41, 5.74) is -1.97. The van der Waals surface area contributed by atoms with E-state index in [1.807, 2.05) is 0 Å². The van der Waals surface area contributed by atoms with Gasteiger partial charge in [0.05, 0.1) is 0 Å². The van der Waals surface area contributed by atoms with Gasteiger partial charge in [0.15, 0.2) is 0 Å². The summed E-state index contributed by atoms with van der Waals surface area (Å²) in [6.45, 7) is 1.14. The van der Waals surface area contributed by atoms with E-state index in [0.717, 1.165) is 0 Å². The zero-order valence-electron chi connectivity index (χ0n) is 10.6. The number of hydrogen-bond acceptors (Lipinski definition) is 2. The minimum atomic E-state index is -6.04. The van der Waals surface area contributed by atoms with Crippen LogP contribution in [0.2, 0.25) is 0 Å². The third-order valence-corrected chi connectivity index (χ3v) is 3.42. The number of nitrogens with zero attached hydrogens (tertiary/aromatic N) is 1. The number of alkyl halides is 5. The molecule has 1 amide bonds. The van der Waals surface area contributed by atoms with Crippen molar-refractivity contribution in [2.24, 2.45) is 0 Å². The molecule has 1 rings (SSSR count). The van der Waals surface area contributed by atoms with Crippen LogP contribution in [-0.2, 0) is 9.59 Å². The van der Waals surface area contributed by atoms with Gasteiger partial charge in [-0.1, -0.05) is 13.3 Å². The lowest BCUT2D eigenvalue weighted by Crippen LogP contribution is -2.60. The highest BCUT2D eigenvalue weighted by Gasteiger charge is 2.67. The summed E-state index contributed by atoms with van der Waals surface area (Å²) in [5, 5.41) is 9.16. The van der Waals surface area contributed by atoms with Crippen molar-refractivity contribution in [3.05, 3.63) is 0 Å². The molecule has 0 aromatic carbocycles. The second-order valence-electron chi connectivity index (χ2n) is 4.72. The average molecular weight is 303 g/mol. The molecule has 1 heterocycles. The first kappa shape index (κ1) is 16.6. The van der Waals surface area contributed by atoms with E-state index < -0.39 is 36.1 Å². The van der Waals surface area contributed by atoms with Crippen molar-refractivity contribution < 1.29 is 36.6 Å². The molecule has 116 valence electrons. The fourth-order valence-electron chi connectivity index (χ4n) is 2.47. The molecule has 0 saturated carbocycles. The molecule has 1 atom stereocenters. The number of carboxylic acid groups (broad SMARTS) is 1. The first-order valence-electron chi connectivity index (χ1n) is 6.00. The minimum absolute atomic E-state index is 0.0754. The first-order valence-corrected chi connectivity index (χ1v) is 6.00. The average Bonchev–Trinajstić information content (AvgIpc) is 2.72. The maximum atomic E-state index is 13.1. The molecule has 1 N–H and O–H groups in total. The summed E-state index contributed by atoms with van der Waals surface area (Å²) in [4.78, 5) is 23.0. The molecule has 0 spiro atoms. The van der Waals surface area contributed by atoms with Crippen LogP contribution in [0.1, 0.15) is 32.6 Å². The second kappa shape index (κ2) is 5.17. The molecule has 1 aliphatic heterocycles. The predicted octanol–water partition coefficient (Wildman–Crippen LogP) is 2.43. The molecular weight excluding hydrogens is 289 g/mol. The molecule has 1 aliphatic rings. The molecule has 1 fully saturated rings. The number of carboxylic acids is 1. The van der Waals surface area contributed by atoms with E-state index >= 15 is 0 Å². The molecule has 0 aromatic rings. The Labute approximate surface area is 111 Å². The number of carbonyl (C=O) groups excluding carboxylic acids is 1. The van der Waals surface area contributed by atoms with Crippen LogP contribution in [0.5, 0.6) is 0 Å². The number of halogens is 5. The van der Waals surface area contributed by atoms with Gasteiger partial charge in [0.2, 0.25) is 0 Å². The smallest absolute Gasteiger partial charge is 0.463 e. The molecular formula is C11H14F5NO3. The maximum Gasteiger partial charge on any atom is 0.463 e. The monoisotopic (exact) mass is 303 g/mol. The van der Waals surface area contributed by atoms with Crippen LogP contribution in [0.25, 0.3) is 0 Å². The normalized spacial score (nSPS) is 24.0. The standard InChI is InChI=1S/C11H14F5NO3/c1-2-4-9(8(19)20)5-3-6-17(9)7(18)10(12,13)11(14,15)16/h2-6H2,1H3,(H,19,20). The lowest BCUT2D eigenvalue weighted by Gasteiger charge is -2.36. The van der Waals surface area contributed by atoms with E-state index in [9.17, 15) is 31.5 Å². The Kier molecular flexibility index (Phi) is 4.31. The zero-order chi connectivity index (χ0) is 15.8. The van der Waals surface area contributed by atoms with Crippen LogP contribution in [0.3, 0.4) is 0 Å². The van der Waals surface area contributed by atoms with Crippen molar-refractivity contribution in [2.45, 2.75) is 50.2 Å². The molecule has 20 heavy (non-hydrogen) atoms. The van der Waals surface area contributed by atoms with Gasteiger partial charge in [-0.25, -0.2) is 4.79 Å². The Bertz CT molecular complexity index is 409. The molecule has 0 aromatic heterocycles. The number of amides is 1. The molecule has 0 bridgehead atoms. The van der Waals surface area contributed by atoms with Gasteiger partial charge >= 0.3 is 24.0 Å². The SMILES string of the molecule is CCCC1(C(=O)O)CCCN1C(=O)C(F)(F)C(F)(F)F. The highest BCUT2D eigenvalue weighted by atomic mass is 19.4. The zero-order valence-corrected chi connectivity index (χ0v) is 10.6. The third-order valence-electron chi connectivity index (χ3n) is 3.42. The molecule has 1 saturated heterocycles. The highest BCUT2D eigenvalue weighted by molar-refractivity contribution is 5.91. The van der Waals surface area contributed by atoms with E-state index in [2.05, 4.69) is 0 Å². The number of hydrogen-bond donors (Lipinski definition) is 1. The van der Waals surface area contributed by atoms with Crippen molar-refractivity contribution in [3.8, 4) is 0 Å². The van der Waals surface area contributed by atoms with Gasteiger partial charge in [-0.05, 0) is 19.3 Å². The number of likely N-dealkylation sites (tertiary alicyclic amines) is 1. The lowest BCUT2D eigenvalue weighted by molar-refractivity contribution is -0.276. The minimum Gasteiger partial charge on any atom is -0.479 e. The van der Waals surface area contributed by atoms with Crippen molar-refractivity contribution in [1.82, 2.24) is 4.90 Å². The van der Waals surface area contributed by atoms with Crippen LogP contribution in [0.4, 0.5) is 22.0 Å². The van der Waals surface area contributed by atoms with E-state index in [-0.39, 0.29) is 30.6 Å². The largest absolute Gasteiger partial charge is 0.479 e. The van der Waals surface area contributed by atoms with Crippen molar-refractivity contribution >= 4 is 11.9 Å². The Morgan fingerprint density at radius 2 is 1.80 bits per heavy atom. The van der Waals surface area contributed by atoms with Gasteiger partial charge in [-0.15, -0.1) is 0 Å². The summed E-state index contributed by atoms with van der Waals surface area (Å²) in [7, 11) is 0. The number of rotatable bonds is 4. The fourth-order valence-corrected chi connectivity index (χ4v) is 2.47. The molecule has 4 nitrogen and oxygen atoms in total. The van der Waals surface area contributed by atoms with Gasteiger partial charge in [0.1, 0.15) is 5.54 Å². The van der Waals surface area contributed by atoms with E-state index in [1.54, 1.807) is 6.92 Å². The van der Waals surface area contributed by atoms with Crippen molar-refractivity contribution in [2.75, 3.05) is 6.54 Å². The van der Waals surface area contributed by atoms with E-state index in [0.29, 0.717) is 0 Å². The van der Waals surface area contributed by atoms with Crippen LogP contribution in [0.15, 0.2) is 0 Å². The maximum absolute atomic E-state index is 13.1. The van der Waals surface area contributed by atoms with Crippen LogP contribution >= 0.6 is 0 Å². The van der Waals surface area contributed by atoms with Crippen LogP contribution in [-0.4, -0.2) is 46.1 Å². The van der Waals surface area contributed by atoms with Gasteiger partial charge in [-0.3, -0.25) is 4.79 Å². The van der Waals surface area contributed by atoms with Gasteiger partial charge in [0.25, 0.3) is 0 Å². The molecule has 9 heteroatoms. The van der Waals surface area contributed by atoms with E-state index in [1.165, 1.54) is 0 Å². The third kappa shape index (κ3) is 2.45. The topological polar surface area (TPSA) is 57.6 Å². The lowest BCUT2D eigenvalue weighted by atomic mass is 9.90. The Morgan fingerprint density at radius 1 is 1.25 bits per heavy atom. The van der Waals surface area contributed by atoms with Crippen LogP contribution in [0, 0.1) is 0 Å². The molecule has 0 radical (unpaired) electrons. The summed E-state index contributed by atoms with van der Waals surface area (Å²) in [6, 6.07) is 0. The predicted molar refractivity (Wildman–Crippen MR) is 57.2 cm³/mol. The van der Waals surface area contributed by atoms with Gasteiger partial charge in [0, 0.05) is 6.54 Å². The Hall–Kier alpha value is -1.41. The summed E-state index contributed by atoms with van der Waals surface area (Å²) in [5.74, 6) is -9.62. The number of aliphatic carboxylic acids is 1. The Balaban J connectivity index is 3.17. The molecule has 1 unspecified atom stereocenters. The van der Waals surface area contributed by atoms with E-state index in [4.69, 9.17) is 5.11 Å². The summed E-state index contributed by atoms with van der Waals surface area (Å²) < 4.78 is 62.9. The molecule has 0 aliphatic carbocycles. The summed E-state index contributed by atoms with van der Waals surface area (Å²) in [6.07, 6.45) is -6.01. The Morgan fingerprint density at radius 3 is 2.20 bits per heavy atom. The second-order valence-corrected chi connectivity index (χ2v) is 4.72. The van der Waals surface area contributed by atoms with Gasteiger partial charge < -0.3 is 10.0 Å². The van der Waals surface area contributed by atoms with Crippen molar-refractivity contribution in [1.29, 1.82) is 0 Å². The van der Waals surface area contributed by atoms with Crippen LogP contribution < -0.4 is 0 Å². The van der Waals surface area contributed by atoms with Crippen molar-refractivity contribution in [3.63, 3.8) is 0 Å². The fraction of sp³-hybridized carbons (Fsp3) is 0.818. The number of carbonyl (C=O) groups is 2.